The van der Waals surface area contributed by atoms with Gasteiger partial charge in [0.05, 0.1) is 6.61 Å². The van der Waals surface area contributed by atoms with E-state index < -0.39 is 12.3 Å². The molecule has 0 aliphatic rings. The normalized spacial score (nSPS) is 12.2. The summed E-state index contributed by atoms with van der Waals surface area (Å²) in [7, 11) is 1.47. The first-order chi connectivity index (χ1) is 6.61. The van der Waals surface area contributed by atoms with Gasteiger partial charge in [0.2, 0.25) is 0 Å². The molecule has 0 saturated heterocycles. The molecule has 0 aliphatic heterocycles. The quantitative estimate of drug-likeness (QED) is 0.271. The fourth-order valence-corrected chi connectivity index (χ4v) is 0.724. The van der Waals surface area contributed by atoms with Crippen LogP contribution >= 0.6 is 0 Å². The average Bonchev–Trinajstić information content (AvgIpc) is 2.17. The van der Waals surface area contributed by atoms with Crippen LogP contribution in [0.1, 0.15) is 20.3 Å². The van der Waals surface area contributed by atoms with E-state index in [9.17, 15) is 4.79 Å². The number of ether oxygens (including phenoxy) is 3. The van der Waals surface area contributed by atoms with Crippen molar-refractivity contribution in [3.8, 4) is 0 Å². The van der Waals surface area contributed by atoms with Crippen LogP contribution in [-0.4, -0.2) is 32.6 Å². The lowest BCUT2D eigenvalue weighted by atomic mass is 10.2. The van der Waals surface area contributed by atoms with E-state index in [0.717, 1.165) is 0 Å². The van der Waals surface area contributed by atoms with Gasteiger partial charge in [-0.05, 0) is 13.8 Å². The lowest BCUT2D eigenvalue weighted by molar-refractivity contribution is -0.165. The van der Waals surface area contributed by atoms with Crippen LogP contribution in [0, 0.1) is 0 Å². The molecule has 4 nitrogen and oxygen atoms in total. The van der Waals surface area contributed by atoms with Crippen LogP contribution in [0.25, 0.3) is 0 Å². The van der Waals surface area contributed by atoms with Crippen LogP contribution in [0.5, 0.6) is 0 Å². The number of carbonyl (C=O) groups is 1. The number of esters is 1. The molecule has 0 aliphatic carbocycles. The van der Waals surface area contributed by atoms with Gasteiger partial charge in [-0.15, -0.1) is 0 Å². The molecule has 0 fully saturated rings. The fourth-order valence-electron chi connectivity index (χ4n) is 0.724. The monoisotopic (exact) mass is 202 g/mol. The minimum Gasteiger partial charge on any atom is -0.433 e. The van der Waals surface area contributed by atoms with Crippen molar-refractivity contribution in [3.63, 3.8) is 0 Å². The third kappa shape index (κ3) is 5.72. The van der Waals surface area contributed by atoms with Crippen LogP contribution in [0.3, 0.4) is 0 Å². The zero-order valence-corrected chi connectivity index (χ0v) is 9.04. The Labute approximate surface area is 84.8 Å². The molecule has 1 unspecified atom stereocenters. The Bertz CT molecular complexity index is 189. The Morgan fingerprint density at radius 2 is 2.14 bits per heavy atom. The van der Waals surface area contributed by atoms with Crippen molar-refractivity contribution in [1.82, 2.24) is 0 Å². The number of hydrogen-bond acceptors (Lipinski definition) is 4. The van der Waals surface area contributed by atoms with Crippen molar-refractivity contribution in [3.05, 3.63) is 12.2 Å². The highest BCUT2D eigenvalue weighted by Gasteiger charge is 2.11. The summed E-state index contributed by atoms with van der Waals surface area (Å²) in [6.45, 7) is 8.27. The van der Waals surface area contributed by atoms with Crippen LogP contribution in [0.2, 0.25) is 0 Å². The Kier molecular flexibility index (Phi) is 7.06. The van der Waals surface area contributed by atoms with Gasteiger partial charge in [-0.2, -0.15) is 0 Å². The summed E-state index contributed by atoms with van der Waals surface area (Å²) in [5, 5.41) is 0. The second-order valence-electron chi connectivity index (χ2n) is 2.76. The average molecular weight is 202 g/mol. The molecular weight excluding hydrogens is 184 g/mol. The minimum absolute atomic E-state index is 0.405. The van der Waals surface area contributed by atoms with Crippen molar-refractivity contribution in [2.75, 3.05) is 20.3 Å². The minimum atomic E-state index is -0.536. The maximum atomic E-state index is 11.2. The van der Waals surface area contributed by atoms with Gasteiger partial charge in [-0.1, -0.05) is 6.58 Å². The van der Waals surface area contributed by atoms with Crippen molar-refractivity contribution in [1.29, 1.82) is 0 Å². The lowest BCUT2D eigenvalue weighted by Gasteiger charge is -2.12. The summed E-state index contributed by atoms with van der Waals surface area (Å²) in [5.41, 5.74) is 0.405. The van der Waals surface area contributed by atoms with Crippen molar-refractivity contribution in [2.24, 2.45) is 0 Å². The van der Waals surface area contributed by atoms with Crippen molar-refractivity contribution >= 4 is 5.97 Å². The molecule has 0 saturated carbocycles. The van der Waals surface area contributed by atoms with E-state index in [-0.39, 0.29) is 0 Å². The van der Waals surface area contributed by atoms with Crippen LogP contribution < -0.4 is 0 Å². The standard InChI is InChI=1S/C10H18O4/c1-5-13-7-6-8(2)10(11)14-9(3)12-4/h9H,2,5-7H2,1,3-4H3. The molecule has 82 valence electrons. The number of rotatable bonds is 7. The predicted octanol–water partition coefficient (Wildman–Crippen LogP) is 1.50. The van der Waals surface area contributed by atoms with Gasteiger partial charge in [0.1, 0.15) is 0 Å². The summed E-state index contributed by atoms with van der Waals surface area (Å²) in [4.78, 5) is 11.2. The van der Waals surface area contributed by atoms with E-state index in [1.165, 1.54) is 7.11 Å². The number of hydrogen-bond donors (Lipinski definition) is 0. The maximum Gasteiger partial charge on any atom is 0.335 e. The zero-order chi connectivity index (χ0) is 11.0. The Morgan fingerprint density at radius 3 is 2.64 bits per heavy atom. The van der Waals surface area contributed by atoms with E-state index in [1.807, 2.05) is 6.92 Å². The second-order valence-corrected chi connectivity index (χ2v) is 2.76. The Hall–Kier alpha value is -0.870. The first kappa shape index (κ1) is 13.1. The van der Waals surface area contributed by atoms with Gasteiger partial charge in [-0.3, -0.25) is 0 Å². The van der Waals surface area contributed by atoms with E-state index in [0.29, 0.717) is 25.2 Å². The second kappa shape index (κ2) is 7.53. The highest BCUT2D eigenvalue weighted by molar-refractivity contribution is 5.87. The van der Waals surface area contributed by atoms with Crippen LogP contribution in [0.15, 0.2) is 12.2 Å². The largest absolute Gasteiger partial charge is 0.433 e. The van der Waals surface area contributed by atoms with Crippen LogP contribution in [0.4, 0.5) is 0 Å². The Balaban J connectivity index is 3.71. The zero-order valence-electron chi connectivity index (χ0n) is 9.04. The highest BCUT2D eigenvalue weighted by Crippen LogP contribution is 2.04. The molecule has 1 atom stereocenters. The molecule has 0 aromatic heterocycles. The van der Waals surface area contributed by atoms with Gasteiger partial charge >= 0.3 is 5.97 Å². The molecular formula is C10H18O4. The van der Waals surface area contributed by atoms with Gasteiger partial charge in [0, 0.05) is 25.7 Å². The molecule has 0 aromatic carbocycles. The van der Waals surface area contributed by atoms with Gasteiger partial charge in [0.25, 0.3) is 0 Å². The molecule has 4 heteroatoms. The third-order valence-electron chi connectivity index (χ3n) is 1.65. The molecule has 0 radical (unpaired) electrons. The SMILES string of the molecule is C=C(CCOCC)C(=O)OC(C)OC. The number of carbonyl (C=O) groups excluding carboxylic acids is 1. The molecule has 0 amide bonds. The Morgan fingerprint density at radius 1 is 1.50 bits per heavy atom. The van der Waals surface area contributed by atoms with E-state index in [1.54, 1.807) is 6.92 Å². The lowest BCUT2D eigenvalue weighted by Crippen LogP contribution is -2.18. The third-order valence-corrected chi connectivity index (χ3v) is 1.65. The molecule has 0 heterocycles. The predicted molar refractivity (Wildman–Crippen MR) is 52.8 cm³/mol. The van der Waals surface area contributed by atoms with E-state index in [4.69, 9.17) is 14.2 Å². The summed E-state index contributed by atoms with van der Waals surface area (Å²) in [6, 6.07) is 0. The molecule has 0 N–H and O–H groups in total. The molecule has 0 rings (SSSR count). The summed E-state index contributed by atoms with van der Waals surface area (Å²) in [6.07, 6.45) is -0.0466. The van der Waals surface area contributed by atoms with Gasteiger partial charge in [-0.25, -0.2) is 4.79 Å². The summed E-state index contributed by atoms with van der Waals surface area (Å²) in [5.74, 6) is -0.431. The first-order valence-electron chi connectivity index (χ1n) is 4.61. The molecule has 0 spiro atoms. The maximum absolute atomic E-state index is 11.2. The topological polar surface area (TPSA) is 44.8 Å². The highest BCUT2D eigenvalue weighted by atomic mass is 16.7. The molecule has 0 aromatic rings. The van der Waals surface area contributed by atoms with Crippen LogP contribution in [-0.2, 0) is 19.0 Å². The smallest absolute Gasteiger partial charge is 0.335 e. The van der Waals surface area contributed by atoms with Crippen molar-refractivity contribution < 1.29 is 19.0 Å². The molecule has 0 bridgehead atoms. The fraction of sp³-hybridized carbons (Fsp3) is 0.700. The first-order valence-corrected chi connectivity index (χ1v) is 4.61. The molecule has 14 heavy (non-hydrogen) atoms. The van der Waals surface area contributed by atoms with E-state index in [2.05, 4.69) is 6.58 Å². The summed E-state index contributed by atoms with van der Waals surface area (Å²) < 4.78 is 14.7. The number of methoxy groups -OCH3 is 1. The van der Waals surface area contributed by atoms with Gasteiger partial charge < -0.3 is 14.2 Å². The van der Waals surface area contributed by atoms with Crippen molar-refractivity contribution in [2.45, 2.75) is 26.6 Å². The summed E-state index contributed by atoms with van der Waals surface area (Å²) >= 11 is 0. The van der Waals surface area contributed by atoms with Gasteiger partial charge in [0.15, 0.2) is 6.29 Å². The van der Waals surface area contributed by atoms with E-state index >= 15 is 0 Å².